The Hall–Kier alpha value is -2.09. The average Bonchev–Trinajstić information content (AvgIpc) is 3.06. The van der Waals surface area contributed by atoms with Crippen molar-refractivity contribution in [2.24, 2.45) is 12.5 Å². The average molecular weight is 489 g/mol. The highest BCUT2D eigenvalue weighted by molar-refractivity contribution is 6.31. The minimum absolute atomic E-state index is 0.203. The number of hydrogen-bond acceptors (Lipinski definition) is 5. The first-order valence-electron chi connectivity index (χ1n) is 12.2. The maximum atomic E-state index is 13.3. The normalized spacial score (nSPS) is 21.6. The Morgan fingerprint density at radius 2 is 1.97 bits per heavy atom. The fraction of sp³-hybridized carbons (Fsp3) is 0.615. The zero-order chi connectivity index (χ0) is 24.3. The number of ether oxygens (including phenoxy) is 2. The Labute approximate surface area is 207 Å². The van der Waals surface area contributed by atoms with E-state index in [-0.39, 0.29) is 11.3 Å². The lowest BCUT2D eigenvalue weighted by molar-refractivity contribution is -0.139. The van der Waals surface area contributed by atoms with Crippen LogP contribution in [0.3, 0.4) is 0 Å². The highest BCUT2D eigenvalue weighted by Gasteiger charge is 2.40. The number of hydrogen-bond donors (Lipinski definition) is 0. The van der Waals surface area contributed by atoms with Gasteiger partial charge in [-0.1, -0.05) is 11.6 Å². The van der Waals surface area contributed by atoms with Crippen LogP contribution < -0.4 is 4.74 Å². The monoisotopic (exact) mass is 488 g/mol. The molecule has 2 saturated heterocycles. The van der Waals surface area contributed by atoms with Crippen molar-refractivity contribution in [3.05, 3.63) is 45.7 Å². The van der Waals surface area contributed by atoms with Crippen LogP contribution in [-0.2, 0) is 23.1 Å². The molecule has 2 aliphatic heterocycles. The van der Waals surface area contributed by atoms with Crippen molar-refractivity contribution < 1.29 is 14.3 Å². The molecule has 0 spiro atoms. The van der Waals surface area contributed by atoms with Gasteiger partial charge in [0, 0.05) is 61.3 Å². The predicted octanol–water partition coefficient (Wildman–Crippen LogP) is 3.91. The van der Waals surface area contributed by atoms with Gasteiger partial charge in [-0.2, -0.15) is 5.10 Å². The number of nitrogens with zero attached hydrogens (tertiary/aromatic N) is 4. The molecule has 4 rings (SSSR count). The summed E-state index contributed by atoms with van der Waals surface area (Å²) in [4.78, 5) is 17.7. The van der Waals surface area contributed by atoms with Crippen molar-refractivity contribution in [1.29, 1.82) is 0 Å². The molecule has 0 saturated carbocycles. The van der Waals surface area contributed by atoms with E-state index >= 15 is 0 Å². The van der Waals surface area contributed by atoms with Gasteiger partial charge in [0.1, 0.15) is 5.75 Å². The summed E-state index contributed by atoms with van der Waals surface area (Å²) in [5.74, 6) is 1.01. The fourth-order valence-corrected chi connectivity index (χ4v) is 5.33. The number of halogens is 1. The number of carbonyl (C=O) groups excluding carboxylic acids is 1. The second-order valence-electron chi connectivity index (χ2n) is 9.96. The first-order chi connectivity index (χ1) is 16.3. The van der Waals surface area contributed by atoms with Gasteiger partial charge in [-0.05, 0) is 63.9 Å². The fourth-order valence-electron chi connectivity index (χ4n) is 5.22. The number of carbonyl (C=O) groups is 1. The molecule has 8 heteroatoms. The van der Waals surface area contributed by atoms with E-state index in [1.165, 1.54) is 11.3 Å². The van der Waals surface area contributed by atoms with Gasteiger partial charge >= 0.3 is 0 Å². The topological polar surface area (TPSA) is 59.8 Å². The molecular formula is C26H37ClN4O3. The van der Waals surface area contributed by atoms with Crippen molar-refractivity contribution in [1.82, 2.24) is 19.6 Å². The summed E-state index contributed by atoms with van der Waals surface area (Å²) in [7, 11) is 2.00. The highest BCUT2D eigenvalue weighted by atomic mass is 35.5. The van der Waals surface area contributed by atoms with Crippen molar-refractivity contribution >= 4 is 17.5 Å². The summed E-state index contributed by atoms with van der Waals surface area (Å²) in [6.45, 7) is 11.9. The molecule has 2 aromatic rings. The summed E-state index contributed by atoms with van der Waals surface area (Å²) in [6.07, 6.45) is 2.50. The van der Waals surface area contributed by atoms with Crippen LogP contribution in [-0.4, -0.2) is 71.5 Å². The van der Waals surface area contributed by atoms with E-state index in [1.54, 1.807) is 0 Å². The number of benzene rings is 1. The zero-order valence-electron chi connectivity index (χ0n) is 20.9. The lowest BCUT2D eigenvalue weighted by Crippen LogP contribution is -2.50. The Bertz CT molecular complexity index is 1020. The first kappa shape index (κ1) is 25.0. The van der Waals surface area contributed by atoms with E-state index in [9.17, 15) is 4.79 Å². The smallest absolute Gasteiger partial charge is 0.223 e. The van der Waals surface area contributed by atoms with E-state index in [0.29, 0.717) is 39.3 Å². The number of morpholine rings is 1. The van der Waals surface area contributed by atoms with Crippen molar-refractivity contribution in [2.45, 2.75) is 46.6 Å². The van der Waals surface area contributed by atoms with Gasteiger partial charge in [0.25, 0.3) is 0 Å². The Morgan fingerprint density at radius 3 is 2.65 bits per heavy atom. The Balaban J connectivity index is 1.52. The van der Waals surface area contributed by atoms with Crippen LogP contribution in [0.2, 0.25) is 5.02 Å². The maximum absolute atomic E-state index is 13.3. The molecule has 2 fully saturated rings. The predicted molar refractivity (Wildman–Crippen MR) is 133 cm³/mol. The van der Waals surface area contributed by atoms with Gasteiger partial charge in [-0.25, -0.2) is 0 Å². The molecular weight excluding hydrogens is 452 g/mol. The van der Waals surface area contributed by atoms with Crippen LogP contribution in [0.25, 0.3) is 0 Å². The molecule has 186 valence electrons. The number of amides is 1. The summed E-state index contributed by atoms with van der Waals surface area (Å²) < 4.78 is 13.7. The second-order valence-corrected chi connectivity index (χ2v) is 10.4. The summed E-state index contributed by atoms with van der Waals surface area (Å²) >= 11 is 6.21. The molecule has 1 aromatic heterocycles. The van der Waals surface area contributed by atoms with Gasteiger partial charge in [-0.3, -0.25) is 14.4 Å². The Kier molecular flexibility index (Phi) is 7.85. The molecule has 0 N–H and O–H groups in total. The molecule has 0 radical (unpaired) electrons. The molecule has 1 atom stereocenters. The third kappa shape index (κ3) is 5.75. The molecule has 34 heavy (non-hydrogen) atoms. The largest absolute Gasteiger partial charge is 0.493 e. The quantitative estimate of drug-likeness (QED) is 0.591. The number of piperidine rings is 1. The lowest BCUT2D eigenvalue weighted by Gasteiger charge is -2.43. The van der Waals surface area contributed by atoms with Gasteiger partial charge in [0.2, 0.25) is 5.91 Å². The van der Waals surface area contributed by atoms with E-state index in [4.69, 9.17) is 21.1 Å². The van der Waals surface area contributed by atoms with Crippen LogP contribution >= 0.6 is 11.6 Å². The summed E-state index contributed by atoms with van der Waals surface area (Å²) in [6, 6.07) is 5.76. The van der Waals surface area contributed by atoms with Crippen molar-refractivity contribution in [2.75, 3.05) is 46.0 Å². The van der Waals surface area contributed by atoms with E-state index < -0.39 is 0 Å². The lowest BCUT2D eigenvalue weighted by atomic mass is 9.77. The summed E-state index contributed by atoms with van der Waals surface area (Å²) in [5.41, 5.74) is 4.31. The Morgan fingerprint density at radius 1 is 1.21 bits per heavy atom. The molecule has 2 aliphatic rings. The van der Waals surface area contributed by atoms with Gasteiger partial charge < -0.3 is 14.4 Å². The molecule has 0 bridgehead atoms. The number of aryl methyl sites for hydroxylation is 3. The minimum Gasteiger partial charge on any atom is -0.493 e. The molecule has 7 nitrogen and oxygen atoms in total. The summed E-state index contributed by atoms with van der Waals surface area (Å²) in [5, 5.41) is 5.33. The number of rotatable bonds is 7. The van der Waals surface area contributed by atoms with Crippen LogP contribution in [0.15, 0.2) is 18.2 Å². The van der Waals surface area contributed by atoms with Crippen molar-refractivity contribution in [3.63, 3.8) is 0 Å². The van der Waals surface area contributed by atoms with E-state index in [0.717, 1.165) is 54.5 Å². The molecule has 1 unspecified atom stereocenters. The van der Waals surface area contributed by atoms with Gasteiger partial charge in [0.15, 0.2) is 0 Å². The molecule has 1 amide bonds. The molecule has 3 heterocycles. The van der Waals surface area contributed by atoms with E-state index in [1.807, 2.05) is 41.8 Å². The SMILES string of the molecule is Cc1cc(OCC2(CC(=O)N3CCOCC3)CCCN(Cc3c(C)nn(C)c3C)C2)ccc1Cl. The van der Waals surface area contributed by atoms with E-state index in [2.05, 4.69) is 23.8 Å². The number of likely N-dealkylation sites (tertiary alicyclic amines) is 1. The number of aromatic nitrogens is 2. The third-order valence-electron chi connectivity index (χ3n) is 7.35. The molecule has 0 aliphatic carbocycles. The minimum atomic E-state index is -0.245. The van der Waals surface area contributed by atoms with Crippen LogP contribution in [0.1, 0.15) is 41.8 Å². The third-order valence-corrected chi connectivity index (χ3v) is 7.77. The van der Waals surface area contributed by atoms with Crippen LogP contribution in [0.5, 0.6) is 5.75 Å². The van der Waals surface area contributed by atoms with Crippen molar-refractivity contribution in [3.8, 4) is 5.75 Å². The standard InChI is InChI=1S/C26H37ClN4O3/c1-19-14-22(6-7-24(19)27)34-18-26(15-25(32)31-10-12-33-13-11-31)8-5-9-30(17-26)16-23-20(2)28-29(4)21(23)3/h6-7,14H,5,8-13,15-18H2,1-4H3. The second kappa shape index (κ2) is 10.7. The maximum Gasteiger partial charge on any atom is 0.223 e. The van der Waals surface area contributed by atoms with Crippen LogP contribution in [0, 0.1) is 26.2 Å². The zero-order valence-corrected chi connectivity index (χ0v) is 21.7. The van der Waals surface area contributed by atoms with Gasteiger partial charge in [0.05, 0.1) is 25.5 Å². The molecule has 1 aromatic carbocycles. The van der Waals surface area contributed by atoms with Crippen LogP contribution in [0.4, 0.5) is 0 Å². The highest BCUT2D eigenvalue weighted by Crippen LogP contribution is 2.36. The first-order valence-corrected chi connectivity index (χ1v) is 12.6. The van der Waals surface area contributed by atoms with Gasteiger partial charge in [-0.15, -0.1) is 0 Å².